The molecule has 2 aromatic rings. The number of halogens is 1. The van der Waals surface area contributed by atoms with E-state index in [0.29, 0.717) is 17.0 Å². The van der Waals surface area contributed by atoms with Gasteiger partial charge < -0.3 is 5.11 Å². The Morgan fingerprint density at radius 2 is 1.82 bits per heavy atom. The van der Waals surface area contributed by atoms with Gasteiger partial charge in [-0.3, -0.25) is 0 Å². The van der Waals surface area contributed by atoms with Crippen LogP contribution in [0.15, 0.2) is 42.5 Å². The summed E-state index contributed by atoms with van der Waals surface area (Å²) in [6.45, 7) is 1.44. The maximum absolute atomic E-state index is 13.1. The molecule has 0 saturated carbocycles. The molecular formula is C13H12CrFNO. The van der Waals surface area contributed by atoms with E-state index in [1.54, 1.807) is 36.4 Å². The van der Waals surface area contributed by atoms with E-state index in [1.165, 1.54) is 6.92 Å². The molecule has 1 unspecified atom stereocenters. The first-order valence-corrected chi connectivity index (χ1v) is 5.08. The standard InChI is InChI=1S/C13H12FNO.Cr/c1-9(14)11-6-4-7-12(15-11)10-5-2-3-8-13(10)16;/h2-9,16H,1H3;. The molecule has 1 N–H and O–H groups in total. The molecule has 1 aromatic heterocycles. The first-order chi connectivity index (χ1) is 7.68. The minimum Gasteiger partial charge on any atom is -0.507 e. The van der Waals surface area contributed by atoms with Crippen LogP contribution in [0.1, 0.15) is 18.8 Å². The summed E-state index contributed by atoms with van der Waals surface area (Å²) < 4.78 is 13.1. The molecule has 0 aliphatic heterocycles. The topological polar surface area (TPSA) is 33.1 Å². The summed E-state index contributed by atoms with van der Waals surface area (Å²) in [5, 5.41) is 9.66. The average molecular weight is 269 g/mol. The number of phenols is 1. The van der Waals surface area contributed by atoms with Crippen molar-refractivity contribution in [3.63, 3.8) is 0 Å². The number of aromatic hydroxyl groups is 1. The van der Waals surface area contributed by atoms with Gasteiger partial charge in [-0.1, -0.05) is 18.2 Å². The van der Waals surface area contributed by atoms with Crippen molar-refractivity contribution in [3.05, 3.63) is 48.2 Å². The van der Waals surface area contributed by atoms with Crippen molar-refractivity contribution < 1.29 is 26.9 Å². The van der Waals surface area contributed by atoms with Crippen molar-refractivity contribution in [1.82, 2.24) is 4.98 Å². The van der Waals surface area contributed by atoms with Gasteiger partial charge in [-0.2, -0.15) is 0 Å². The van der Waals surface area contributed by atoms with Gasteiger partial charge in [0.2, 0.25) is 0 Å². The van der Waals surface area contributed by atoms with Gasteiger partial charge in [0.25, 0.3) is 0 Å². The van der Waals surface area contributed by atoms with E-state index in [9.17, 15) is 9.50 Å². The van der Waals surface area contributed by atoms with E-state index in [0.717, 1.165) is 0 Å². The first-order valence-electron chi connectivity index (χ1n) is 5.08. The van der Waals surface area contributed by atoms with Gasteiger partial charge in [0.05, 0.1) is 11.4 Å². The minimum absolute atomic E-state index is 0. The van der Waals surface area contributed by atoms with Gasteiger partial charge in [-0.05, 0) is 31.2 Å². The number of aromatic nitrogens is 1. The van der Waals surface area contributed by atoms with Crippen molar-refractivity contribution in [2.45, 2.75) is 13.1 Å². The zero-order valence-electron chi connectivity index (χ0n) is 9.30. The van der Waals surface area contributed by atoms with Crippen molar-refractivity contribution in [3.8, 4) is 17.0 Å². The molecule has 2 rings (SSSR count). The molecule has 17 heavy (non-hydrogen) atoms. The molecule has 88 valence electrons. The van der Waals surface area contributed by atoms with E-state index in [1.807, 2.05) is 6.07 Å². The molecule has 2 nitrogen and oxygen atoms in total. The summed E-state index contributed by atoms with van der Waals surface area (Å²) in [4.78, 5) is 4.17. The van der Waals surface area contributed by atoms with Crippen LogP contribution in [0.3, 0.4) is 0 Å². The number of para-hydroxylation sites is 1. The van der Waals surface area contributed by atoms with Crippen LogP contribution in [0.5, 0.6) is 5.75 Å². The van der Waals surface area contributed by atoms with Crippen LogP contribution >= 0.6 is 0 Å². The van der Waals surface area contributed by atoms with Gasteiger partial charge in [0.1, 0.15) is 11.9 Å². The third-order valence-corrected chi connectivity index (χ3v) is 2.36. The van der Waals surface area contributed by atoms with Gasteiger partial charge in [0.15, 0.2) is 0 Å². The van der Waals surface area contributed by atoms with Gasteiger partial charge in [-0.15, -0.1) is 0 Å². The van der Waals surface area contributed by atoms with E-state index >= 15 is 0 Å². The smallest absolute Gasteiger partial charge is 0.139 e. The molecule has 0 aliphatic rings. The Labute approximate surface area is 110 Å². The summed E-state index contributed by atoms with van der Waals surface area (Å²) in [5.74, 6) is 0.152. The molecule has 0 aliphatic carbocycles. The maximum atomic E-state index is 13.1. The Kier molecular flexibility index (Phi) is 4.68. The van der Waals surface area contributed by atoms with Crippen LogP contribution in [0.25, 0.3) is 11.3 Å². The van der Waals surface area contributed by atoms with E-state index in [2.05, 4.69) is 4.98 Å². The summed E-state index contributed by atoms with van der Waals surface area (Å²) in [6, 6.07) is 12.0. The number of hydrogen-bond donors (Lipinski definition) is 1. The van der Waals surface area contributed by atoms with Crippen molar-refractivity contribution >= 4 is 0 Å². The maximum Gasteiger partial charge on any atom is 0.139 e. The summed E-state index contributed by atoms with van der Waals surface area (Å²) in [5.41, 5.74) is 1.57. The molecule has 0 bridgehead atoms. The van der Waals surface area contributed by atoms with Crippen molar-refractivity contribution in [1.29, 1.82) is 0 Å². The molecule has 1 aromatic carbocycles. The number of hydrogen-bond acceptors (Lipinski definition) is 2. The van der Waals surface area contributed by atoms with Crippen molar-refractivity contribution in [2.75, 3.05) is 0 Å². The second kappa shape index (κ2) is 5.81. The van der Waals surface area contributed by atoms with Gasteiger partial charge >= 0.3 is 0 Å². The third kappa shape index (κ3) is 3.06. The second-order valence-electron chi connectivity index (χ2n) is 3.58. The Morgan fingerprint density at radius 3 is 2.47 bits per heavy atom. The molecule has 1 heterocycles. The Hall–Kier alpha value is -1.37. The van der Waals surface area contributed by atoms with Crippen molar-refractivity contribution in [2.24, 2.45) is 0 Å². The number of pyridine rings is 1. The Morgan fingerprint density at radius 1 is 1.12 bits per heavy atom. The number of benzene rings is 1. The van der Waals surface area contributed by atoms with E-state index in [4.69, 9.17) is 0 Å². The normalized spacial score (nSPS) is 11.6. The first kappa shape index (κ1) is 13.7. The van der Waals surface area contributed by atoms with Crippen LogP contribution in [0.4, 0.5) is 4.39 Å². The molecule has 0 radical (unpaired) electrons. The average Bonchev–Trinajstić information content (AvgIpc) is 2.30. The number of nitrogens with zero attached hydrogens (tertiary/aromatic N) is 1. The zero-order valence-corrected chi connectivity index (χ0v) is 10.6. The molecule has 0 fully saturated rings. The molecule has 4 heteroatoms. The molecule has 0 amide bonds. The van der Waals surface area contributed by atoms with Crippen LogP contribution in [0, 0.1) is 0 Å². The Balaban J connectivity index is 0.00000144. The SMILES string of the molecule is CC(F)c1cccc(-c2ccccc2O)n1.[Cr]. The molecule has 0 saturated heterocycles. The fourth-order valence-electron chi connectivity index (χ4n) is 1.51. The van der Waals surface area contributed by atoms with Gasteiger partial charge in [-0.25, -0.2) is 9.37 Å². The van der Waals surface area contributed by atoms with E-state index in [-0.39, 0.29) is 23.1 Å². The summed E-state index contributed by atoms with van der Waals surface area (Å²) in [7, 11) is 0. The minimum atomic E-state index is -1.11. The van der Waals surface area contributed by atoms with E-state index < -0.39 is 6.17 Å². The largest absolute Gasteiger partial charge is 0.507 e. The number of rotatable bonds is 2. The van der Waals surface area contributed by atoms with Gasteiger partial charge in [0, 0.05) is 22.9 Å². The number of alkyl halides is 1. The van der Waals surface area contributed by atoms with Crippen LogP contribution in [-0.4, -0.2) is 10.1 Å². The van der Waals surface area contributed by atoms with Crippen LogP contribution in [0.2, 0.25) is 0 Å². The molecule has 0 spiro atoms. The van der Waals surface area contributed by atoms with Crippen LogP contribution < -0.4 is 0 Å². The molecular weight excluding hydrogens is 257 g/mol. The third-order valence-electron chi connectivity index (χ3n) is 2.36. The predicted octanol–water partition coefficient (Wildman–Crippen LogP) is 3.48. The fraction of sp³-hybridized carbons (Fsp3) is 0.154. The summed E-state index contributed by atoms with van der Waals surface area (Å²) >= 11 is 0. The Bertz CT molecular complexity index is 502. The monoisotopic (exact) mass is 269 g/mol. The predicted molar refractivity (Wildman–Crippen MR) is 60.9 cm³/mol. The quantitative estimate of drug-likeness (QED) is 0.905. The molecule has 1 atom stereocenters. The number of phenolic OH excluding ortho intramolecular Hbond substituents is 1. The zero-order chi connectivity index (χ0) is 11.5. The summed E-state index contributed by atoms with van der Waals surface area (Å²) in [6.07, 6.45) is -1.11. The van der Waals surface area contributed by atoms with Crippen LogP contribution in [-0.2, 0) is 17.4 Å². The fourth-order valence-corrected chi connectivity index (χ4v) is 1.51. The second-order valence-corrected chi connectivity index (χ2v) is 3.58.